The largest absolute Gasteiger partial charge is 0.490 e. The van der Waals surface area contributed by atoms with Crippen LogP contribution in [0.15, 0.2) is 60.7 Å². The fourth-order valence-corrected chi connectivity index (χ4v) is 3.93. The lowest BCUT2D eigenvalue weighted by molar-refractivity contribution is -0.131. The Morgan fingerprint density at radius 1 is 1.12 bits per heavy atom. The Kier molecular flexibility index (Phi) is 6.93. The molecule has 4 rings (SSSR count). The summed E-state index contributed by atoms with van der Waals surface area (Å²) in [6.45, 7) is 4.23. The van der Waals surface area contributed by atoms with E-state index in [0.717, 1.165) is 17.0 Å². The zero-order valence-corrected chi connectivity index (χ0v) is 19.9. The van der Waals surface area contributed by atoms with Gasteiger partial charge in [0.2, 0.25) is 0 Å². The van der Waals surface area contributed by atoms with Crippen molar-refractivity contribution >= 4 is 34.9 Å². The average Bonchev–Trinajstić information content (AvgIpc) is 2.79. The molecule has 0 spiro atoms. The third-order valence-corrected chi connectivity index (χ3v) is 5.70. The maximum absolute atomic E-state index is 12.8. The van der Waals surface area contributed by atoms with Gasteiger partial charge in [-0.1, -0.05) is 23.7 Å². The molecule has 7 nitrogen and oxygen atoms in total. The first-order valence-electron chi connectivity index (χ1n) is 10.8. The van der Waals surface area contributed by atoms with E-state index in [0.29, 0.717) is 40.9 Å². The van der Waals surface area contributed by atoms with Crippen LogP contribution in [0.2, 0.25) is 5.02 Å². The number of benzene rings is 3. The van der Waals surface area contributed by atoms with Crippen molar-refractivity contribution < 1.29 is 23.8 Å². The molecule has 0 saturated heterocycles. The second-order valence-corrected chi connectivity index (χ2v) is 8.47. The number of carbonyl (C=O) groups is 2. The van der Waals surface area contributed by atoms with Crippen LogP contribution >= 0.6 is 11.6 Å². The van der Waals surface area contributed by atoms with Crippen molar-refractivity contribution in [2.24, 2.45) is 0 Å². The lowest BCUT2D eigenvalue weighted by Crippen LogP contribution is -2.41. The van der Waals surface area contributed by atoms with Gasteiger partial charge in [0.25, 0.3) is 5.91 Å². The quantitative estimate of drug-likeness (QED) is 0.390. The van der Waals surface area contributed by atoms with Gasteiger partial charge in [-0.25, -0.2) is 0 Å². The van der Waals surface area contributed by atoms with Crippen molar-refractivity contribution in [3.05, 3.63) is 76.8 Å². The Bertz CT molecular complexity index is 1230. The molecule has 0 unspecified atom stereocenters. The van der Waals surface area contributed by atoms with Crippen LogP contribution in [0, 0.1) is 6.92 Å². The Labute approximate surface area is 203 Å². The van der Waals surface area contributed by atoms with Crippen LogP contribution in [0.1, 0.15) is 22.8 Å². The van der Waals surface area contributed by atoms with Gasteiger partial charge in [0.05, 0.1) is 22.9 Å². The van der Waals surface area contributed by atoms with E-state index < -0.39 is 5.97 Å². The van der Waals surface area contributed by atoms with Crippen molar-refractivity contribution in [2.75, 3.05) is 30.4 Å². The third kappa shape index (κ3) is 5.43. The first-order chi connectivity index (χ1) is 16.3. The number of aryl methyl sites for hydroxylation is 1. The third-order valence-electron chi connectivity index (χ3n) is 5.37. The molecule has 1 heterocycles. The monoisotopic (exact) mass is 480 g/mol. The average molecular weight is 481 g/mol. The zero-order chi connectivity index (χ0) is 24.2. The highest BCUT2D eigenvalue weighted by atomic mass is 35.5. The minimum Gasteiger partial charge on any atom is -0.490 e. The molecule has 0 aliphatic carbocycles. The second kappa shape index (κ2) is 10.1. The molecule has 1 aliphatic rings. The number of anilines is 2. The molecule has 3 aromatic rings. The van der Waals surface area contributed by atoms with Crippen LogP contribution in [0.3, 0.4) is 0 Å². The molecule has 1 N–H and O–H groups in total. The summed E-state index contributed by atoms with van der Waals surface area (Å²) in [5.41, 5.74) is 2.63. The van der Waals surface area contributed by atoms with E-state index >= 15 is 0 Å². The van der Waals surface area contributed by atoms with Crippen LogP contribution in [0.25, 0.3) is 0 Å². The molecular weight excluding hydrogens is 456 g/mol. The molecule has 0 saturated carbocycles. The minimum absolute atomic E-state index is 0.116. The van der Waals surface area contributed by atoms with Gasteiger partial charge < -0.3 is 24.4 Å². The molecule has 0 radical (unpaired) electrons. The minimum atomic E-state index is -0.458. The van der Waals surface area contributed by atoms with Crippen molar-refractivity contribution in [2.45, 2.75) is 20.0 Å². The molecule has 3 aromatic carbocycles. The number of rotatable bonds is 6. The highest BCUT2D eigenvalue weighted by molar-refractivity contribution is 6.34. The van der Waals surface area contributed by atoms with E-state index in [2.05, 4.69) is 10.2 Å². The smallest absolute Gasteiger partial charge is 0.308 e. The second-order valence-electron chi connectivity index (χ2n) is 8.07. The van der Waals surface area contributed by atoms with Gasteiger partial charge in [0.1, 0.15) is 30.0 Å². The summed E-state index contributed by atoms with van der Waals surface area (Å²) in [6.07, 6.45) is -0.116. The van der Waals surface area contributed by atoms with Gasteiger partial charge >= 0.3 is 5.97 Å². The summed E-state index contributed by atoms with van der Waals surface area (Å²) in [5, 5.41) is 3.10. The summed E-state index contributed by atoms with van der Waals surface area (Å²) >= 11 is 6.20. The molecule has 34 heavy (non-hydrogen) atoms. The number of carbonyl (C=O) groups excluding carboxylic acids is 2. The number of para-hydroxylation sites is 2. The fourth-order valence-electron chi connectivity index (χ4n) is 3.77. The maximum atomic E-state index is 12.8. The predicted molar refractivity (Wildman–Crippen MR) is 132 cm³/mol. The summed E-state index contributed by atoms with van der Waals surface area (Å²) in [4.78, 5) is 26.2. The fraction of sp³-hybridized carbons (Fsp3) is 0.231. The Morgan fingerprint density at radius 2 is 1.88 bits per heavy atom. The van der Waals surface area contributed by atoms with Gasteiger partial charge in [0.15, 0.2) is 0 Å². The van der Waals surface area contributed by atoms with E-state index in [1.807, 2.05) is 44.3 Å². The molecule has 1 atom stereocenters. The lowest BCUT2D eigenvalue weighted by atomic mass is 10.1. The molecule has 0 fully saturated rings. The van der Waals surface area contributed by atoms with Crippen LogP contribution < -0.4 is 24.4 Å². The Balaban J connectivity index is 1.40. The summed E-state index contributed by atoms with van der Waals surface area (Å²) < 4.78 is 17.1. The maximum Gasteiger partial charge on any atom is 0.308 e. The summed E-state index contributed by atoms with van der Waals surface area (Å²) in [7, 11) is 2.03. The van der Waals surface area contributed by atoms with Gasteiger partial charge in [-0.2, -0.15) is 0 Å². The van der Waals surface area contributed by atoms with Crippen LogP contribution in [-0.2, 0) is 4.79 Å². The van der Waals surface area contributed by atoms with E-state index in [-0.39, 0.29) is 12.0 Å². The lowest BCUT2D eigenvalue weighted by Gasteiger charge is -2.33. The van der Waals surface area contributed by atoms with Crippen molar-refractivity contribution in [3.63, 3.8) is 0 Å². The number of nitrogens with zero attached hydrogens (tertiary/aromatic N) is 1. The van der Waals surface area contributed by atoms with Gasteiger partial charge in [-0.3, -0.25) is 9.59 Å². The molecule has 0 aromatic heterocycles. The number of hydrogen-bond acceptors (Lipinski definition) is 6. The predicted octanol–water partition coefficient (Wildman–Crippen LogP) is 5.10. The van der Waals surface area contributed by atoms with E-state index in [1.54, 1.807) is 24.3 Å². The van der Waals surface area contributed by atoms with Crippen molar-refractivity contribution in [1.82, 2.24) is 0 Å². The number of amides is 1. The first kappa shape index (κ1) is 23.4. The Morgan fingerprint density at radius 3 is 2.65 bits per heavy atom. The van der Waals surface area contributed by atoms with Gasteiger partial charge in [-0.15, -0.1) is 0 Å². The number of fused-ring (bicyclic) bond motifs is 1. The van der Waals surface area contributed by atoms with E-state index in [9.17, 15) is 9.59 Å². The van der Waals surface area contributed by atoms with Crippen LogP contribution in [-0.4, -0.2) is 38.2 Å². The molecule has 1 aliphatic heterocycles. The molecule has 176 valence electrons. The SMILES string of the molecule is CC(=O)Oc1ccc(Cl)c(NC(=O)c2ccc(OC[C@@H]3CN(C)c4ccccc4O3)cc2C)c1. The first-order valence-corrected chi connectivity index (χ1v) is 11.2. The number of hydrogen-bond donors (Lipinski definition) is 1. The summed E-state index contributed by atoms with van der Waals surface area (Å²) in [5.74, 6) is 0.990. The van der Waals surface area contributed by atoms with Crippen LogP contribution in [0.5, 0.6) is 17.2 Å². The Hall–Kier alpha value is -3.71. The summed E-state index contributed by atoms with van der Waals surface area (Å²) in [6, 6.07) is 17.8. The van der Waals surface area contributed by atoms with E-state index in [1.165, 1.54) is 13.0 Å². The van der Waals surface area contributed by atoms with Crippen molar-refractivity contribution in [3.8, 4) is 17.2 Å². The number of halogens is 1. The van der Waals surface area contributed by atoms with Gasteiger partial charge in [0, 0.05) is 25.6 Å². The zero-order valence-electron chi connectivity index (χ0n) is 19.1. The highest BCUT2D eigenvalue weighted by Gasteiger charge is 2.23. The molecule has 8 heteroatoms. The molecule has 0 bridgehead atoms. The number of esters is 1. The normalized spacial score (nSPS) is 14.6. The topological polar surface area (TPSA) is 77.1 Å². The van der Waals surface area contributed by atoms with Crippen molar-refractivity contribution in [1.29, 1.82) is 0 Å². The highest BCUT2D eigenvalue weighted by Crippen LogP contribution is 2.32. The standard InChI is InChI=1S/C26H25ClN2O5/c1-16-12-18(32-15-20-14-29(3)24-6-4-5-7-25(24)34-20)8-10-21(16)26(31)28-23-13-19(33-17(2)30)9-11-22(23)27/h4-13,20H,14-15H2,1-3H3,(H,28,31)/t20-/m0/s1. The van der Waals surface area contributed by atoms with Crippen LogP contribution in [0.4, 0.5) is 11.4 Å². The van der Waals surface area contributed by atoms with Gasteiger partial charge in [-0.05, 0) is 55.0 Å². The molecule has 1 amide bonds. The molecular formula is C26H25ClN2O5. The number of nitrogens with one attached hydrogen (secondary N) is 1. The van der Waals surface area contributed by atoms with E-state index in [4.69, 9.17) is 25.8 Å². The number of ether oxygens (including phenoxy) is 3. The number of likely N-dealkylation sites (N-methyl/N-ethyl adjacent to an activating group) is 1.